The van der Waals surface area contributed by atoms with E-state index in [1.54, 1.807) is 42.7 Å². The van der Waals surface area contributed by atoms with Crippen LogP contribution in [0, 0.1) is 0 Å². The van der Waals surface area contributed by atoms with Gasteiger partial charge in [0.1, 0.15) is 5.75 Å². The Kier molecular flexibility index (Phi) is 6.54. The molecule has 2 amide bonds. The standard InChI is InChI=1S/C22H24N4O5/c1-22(2,9-11-30-19-6-4-5-10-25-19)26(21(28)20(23)27)15-7-8-16(17(12-15)29-3)18-13-24-14-31-18/h4-8,10,12-14H,9,11H2,1-3H3,(H2,23,27). The number of primary amides is 1. The number of anilines is 1. The van der Waals surface area contributed by atoms with E-state index in [0.717, 1.165) is 0 Å². The Morgan fingerprint density at radius 3 is 2.65 bits per heavy atom. The summed E-state index contributed by atoms with van der Waals surface area (Å²) >= 11 is 0. The molecule has 0 aliphatic carbocycles. The van der Waals surface area contributed by atoms with E-state index in [1.807, 2.05) is 19.9 Å². The first-order chi connectivity index (χ1) is 14.8. The molecule has 0 aliphatic rings. The maximum atomic E-state index is 12.8. The van der Waals surface area contributed by atoms with Crippen LogP contribution in [0.1, 0.15) is 20.3 Å². The zero-order valence-electron chi connectivity index (χ0n) is 17.6. The molecule has 0 aliphatic heterocycles. The van der Waals surface area contributed by atoms with E-state index in [4.69, 9.17) is 19.6 Å². The lowest BCUT2D eigenvalue weighted by molar-refractivity contribution is -0.136. The van der Waals surface area contributed by atoms with Crippen molar-refractivity contribution in [1.29, 1.82) is 0 Å². The highest BCUT2D eigenvalue weighted by molar-refractivity contribution is 6.40. The maximum absolute atomic E-state index is 12.8. The van der Waals surface area contributed by atoms with Crippen molar-refractivity contribution in [3.63, 3.8) is 0 Å². The lowest BCUT2D eigenvalue weighted by Gasteiger charge is -2.38. The second-order valence-electron chi connectivity index (χ2n) is 7.33. The van der Waals surface area contributed by atoms with Gasteiger partial charge in [-0.15, -0.1) is 0 Å². The zero-order valence-corrected chi connectivity index (χ0v) is 17.6. The summed E-state index contributed by atoms with van der Waals surface area (Å²) in [5.74, 6) is -0.449. The first-order valence-corrected chi connectivity index (χ1v) is 9.58. The molecule has 2 N–H and O–H groups in total. The van der Waals surface area contributed by atoms with Gasteiger partial charge in [0.15, 0.2) is 12.2 Å². The van der Waals surface area contributed by atoms with E-state index < -0.39 is 17.4 Å². The van der Waals surface area contributed by atoms with Gasteiger partial charge < -0.3 is 19.6 Å². The molecule has 0 atom stereocenters. The number of benzene rings is 1. The molecule has 3 rings (SSSR count). The van der Waals surface area contributed by atoms with E-state index in [9.17, 15) is 9.59 Å². The molecule has 0 unspecified atom stereocenters. The number of hydrogen-bond donors (Lipinski definition) is 1. The van der Waals surface area contributed by atoms with Gasteiger partial charge in [-0.3, -0.25) is 14.5 Å². The molecule has 0 radical (unpaired) electrons. The van der Waals surface area contributed by atoms with Crippen LogP contribution in [0.5, 0.6) is 11.6 Å². The molecule has 0 bridgehead atoms. The van der Waals surface area contributed by atoms with Gasteiger partial charge in [-0.2, -0.15) is 0 Å². The van der Waals surface area contributed by atoms with E-state index in [-0.39, 0.29) is 6.61 Å². The number of carbonyl (C=O) groups is 2. The summed E-state index contributed by atoms with van der Waals surface area (Å²) in [5, 5.41) is 0. The van der Waals surface area contributed by atoms with Crippen molar-refractivity contribution < 1.29 is 23.5 Å². The first kappa shape index (κ1) is 21.8. The number of methoxy groups -OCH3 is 1. The molecule has 0 spiro atoms. The molecule has 2 aromatic heterocycles. The van der Waals surface area contributed by atoms with Gasteiger partial charge in [0, 0.05) is 36.0 Å². The van der Waals surface area contributed by atoms with Crippen LogP contribution in [-0.4, -0.2) is 41.0 Å². The van der Waals surface area contributed by atoms with Gasteiger partial charge in [0.25, 0.3) is 0 Å². The van der Waals surface area contributed by atoms with Gasteiger partial charge in [-0.05, 0) is 32.0 Å². The second-order valence-corrected chi connectivity index (χ2v) is 7.33. The Bertz CT molecular complexity index is 1040. The molecular weight excluding hydrogens is 400 g/mol. The molecule has 31 heavy (non-hydrogen) atoms. The number of rotatable bonds is 8. The fourth-order valence-corrected chi connectivity index (χ4v) is 3.17. The topological polar surface area (TPSA) is 121 Å². The van der Waals surface area contributed by atoms with Gasteiger partial charge in [0.2, 0.25) is 5.88 Å². The number of aromatic nitrogens is 2. The van der Waals surface area contributed by atoms with Gasteiger partial charge in [0.05, 0.1) is 25.5 Å². The highest BCUT2D eigenvalue weighted by Crippen LogP contribution is 2.36. The predicted octanol–water partition coefficient (Wildman–Crippen LogP) is 2.81. The van der Waals surface area contributed by atoms with Crippen LogP contribution in [0.15, 0.2) is 59.6 Å². The normalized spacial score (nSPS) is 11.1. The number of nitrogens with two attached hydrogens (primary N) is 1. The average molecular weight is 424 g/mol. The summed E-state index contributed by atoms with van der Waals surface area (Å²) in [5.41, 5.74) is 5.65. The number of ether oxygens (including phenoxy) is 2. The van der Waals surface area contributed by atoms with Gasteiger partial charge in [-0.25, -0.2) is 9.97 Å². The Morgan fingerprint density at radius 2 is 2.03 bits per heavy atom. The van der Waals surface area contributed by atoms with Crippen LogP contribution in [-0.2, 0) is 9.59 Å². The zero-order chi connectivity index (χ0) is 22.4. The third-order valence-electron chi connectivity index (χ3n) is 4.76. The highest BCUT2D eigenvalue weighted by atomic mass is 16.5. The number of pyridine rings is 1. The Labute approximate surface area is 179 Å². The minimum Gasteiger partial charge on any atom is -0.496 e. The third kappa shape index (κ3) is 5.00. The quantitative estimate of drug-likeness (QED) is 0.552. The van der Waals surface area contributed by atoms with Crippen molar-refractivity contribution in [1.82, 2.24) is 9.97 Å². The number of oxazole rings is 1. The lowest BCUT2D eigenvalue weighted by Crippen LogP contribution is -2.53. The Morgan fingerprint density at radius 1 is 1.23 bits per heavy atom. The fourth-order valence-electron chi connectivity index (χ4n) is 3.17. The molecule has 1 aromatic carbocycles. The molecule has 9 nitrogen and oxygen atoms in total. The molecule has 0 saturated heterocycles. The number of amides is 2. The van der Waals surface area contributed by atoms with Crippen LogP contribution in [0.4, 0.5) is 5.69 Å². The summed E-state index contributed by atoms with van der Waals surface area (Å²) in [6.45, 7) is 3.93. The van der Waals surface area contributed by atoms with Crippen molar-refractivity contribution >= 4 is 17.5 Å². The van der Waals surface area contributed by atoms with Crippen LogP contribution < -0.4 is 20.1 Å². The molecule has 0 fully saturated rings. The van der Waals surface area contributed by atoms with E-state index in [1.165, 1.54) is 18.4 Å². The predicted molar refractivity (Wildman–Crippen MR) is 114 cm³/mol. The molecule has 9 heteroatoms. The molecule has 2 heterocycles. The summed E-state index contributed by atoms with van der Waals surface area (Å²) in [6.07, 6.45) is 4.92. The minimum absolute atomic E-state index is 0.278. The van der Waals surface area contributed by atoms with Crippen molar-refractivity contribution in [2.45, 2.75) is 25.8 Å². The smallest absolute Gasteiger partial charge is 0.316 e. The van der Waals surface area contributed by atoms with Crippen molar-refractivity contribution in [3.05, 3.63) is 55.2 Å². The van der Waals surface area contributed by atoms with Crippen molar-refractivity contribution in [2.75, 3.05) is 18.6 Å². The molecule has 3 aromatic rings. The molecular formula is C22H24N4O5. The van der Waals surface area contributed by atoms with E-state index in [0.29, 0.717) is 35.1 Å². The number of hydrogen-bond acceptors (Lipinski definition) is 7. The van der Waals surface area contributed by atoms with Crippen LogP contribution in [0.2, 0.25) is 0 Å². The SMILES string of the molecule is COc1cc(N(C(=O)C(N)=O)C(C)(C)CCOc2ccccn2)ccc1-c1cnco1. The van der Waals surface area contributed by atoms with Crippen molar-refractivity contribution in [2.24, 2.45) is 5.73 Å². The summed E-state index contributed by atoms with van der Waals surface area (Å²) < 4.78 is 16.5. The number of carbonyl (C=O) groups excluding carboxylic acids is 2. The third-order valence-corrected chi connectivity index (χ3v) is 4.76. The van der Waals surface area contributed by atoms with E-state index >= 15 is 0 Å². The monoisotopic (exact) mass is 424 g/mol. The largest absolute Gasteiger partial charge is 0.496 e. The first-order valence-electron chi connectivity index (χ1n) is 9.58. The van der Waals surface area contributed by atoms with Crippen LogP contribution in [0.3, 0.4) is 0 Å². The minimum atomic E-state index is -1.06. The second kappa shape index (κ2) is 9.29. The molecule has 162 valence electrons. The van der Waals surface area contributed by atoms with Crippen molar-refractivity contribution in [3.8, 4) is 23.0 Å². The fraction of sp³-hybridized carbons (Fsp3) is 0.273. The summed E-state index contributed by atoms with van der Waals surface area (Å²) in [7, 11) is 1.51. The molecule has 0 saturated carbocycles. The number of nitrogens with zero attached hydrogens (tertiary/aromatic N) is 3. The summed E-state index contributed by atoms with van der Waals surface area (Å²) in [4.78, 5) is 33.9. The maximum Gasteiger partial charge on any atom is 0.316 e. The highest BCUT2D eigenvalue weighted by Gasteiger charge is 2.35. The lowest BCUT2D eigenvalue weighted by atomic mass is 9.96. The average Bonchev–Trinajstić information content (AvgIpc) is 3.28. The Hall–Kier alpha value is -3.88. The van der Waals surface area contributed by atoms with Gasteiger partial charge in [-0.1, -0.05) is 6.07 Å². The summed E-state index contributed by atoms with van der Waals surface area (Å²) in [6, 6.07) is 10.4. The van der Waals surface area contributed by atoms with Crippen LogP contribution >= 0.6 is 0 Å². The van der Waals surface area contributed by atoms with E-state index in [2.05, 4.69) is 9.97 Å². The Balaban J connectivity index is 1.89. The van der Waals surface area contributed by atoms with Crippen LogP contribution in [0.25, 0.3) is 11.3 Å². The van der Waals surface area contributed by atoms with Gasteiger partial charge >= 0.3 is 11.8 Å².